The van der Waals surface area contributed by atoms with E-state index in [1.54, 1.807) is 6.07 Å². The molecule has 5 heteroatoms. The van der Waals surface area contributed by atoms with Crippen LogP contribution in [0.15, 0.2) is 40.9 Å². The van der Waals surface area contributed by atoms with Crippen molar-refractivity contribution < 1.29 is 0 Å². The topological polar surface area (TPSA) is 24.9 Å². The van der Waals surface area contributed by atoms with Crippen molar-refractivity contribution >= 4 is 44.9 Å². The van der Waals surface area contributed by atoms with E-state index in [0.29, 0.717) is 16.7 Å². The number of benzene rings is 1. The van der Waals surface area contributed by atoms with E-state index in [-0.39, 0.29) is 0 Å². The second kappa shape index (κ2) is 5.71. The molecule has 0 unspecified atom stereocenters. The third kappa shape index (κ3) is 3.60. The first-order valence-electron chi connectivity index (χ1n) is 4.95. The fraction of sp³-hybridized carbons (Fsp3) is 0.0833. The van der Waals surface area contributed by atoms with Crippen molar-refractivity contribution in [2.75, 3.05) is 5.32 Å². The van der Waals surface area contributed by atoms with Gasteiger partial charge in [0.15, 0.2) is 0 Å². The molecule has 0 bridgehead atoms. The third-order valence-corrected chi connectivity index (χ3v) is 3.40. The number of nitrogens with one attached hydrogen (secondary N) is 1. The van der Waals surface area contributed by atoms with Gasteiger partial charge in [0.1, 0.15) is 11.0 Å². The van der Waals surface area contributed by atoms with Crippen LogP contribution in [0.2, 0.25) is 10.2 Å². The van der Waals surface area contributed by atoms with Gasteiger partial charge in [-0.3, -0.25) is 0 Å². The first-order chi connectivity index (χ1) is 8.15. The van der Waals surface area contributed by atoms with Crippen LogP contribution in [-0.4, -0.2) is 4.98 Å². The molecule has 0 atom stereocenters. The van der Waals surface area contributed by atoms with E-state index in [9.17, 15) is 0 Å². The maximum atomic E-state index is 5.94. The SMILES string of the molecule is Clc1ccc(Br)c(CNc2cccc(Cl)n2)c1. The maximum Gasteiger partial charge on any atom is 0.131 e. The van der Waals surface area contributed by atoms with E-state index in [1.165, 1.54) is 0 Å². The van der Waals surface area contributed by atoms with E-state index in [4.69, 9.17) is 23.2 Å². The average molecular weight is 332 g/mol. The zero-order valence-electron chi connectivity index (χ0n) is 8.75. The van der Waals surface area contributed by atoms with Crippen molar-refractivity contribution in [1.29, 1.82) is 0 Å². The van der Waals surface area contributed by atoms with Crippen molar-refractivity contribution in [2.45, 2.75) is 6.54 Å². The summed E-state index contributed by atoms with van der Waals surface area (Å²) in [5.74, 6) is 0.740. The summed E-state index contributed by atoms with van der Waals surface area (Å²) in [6.07, 6.45) is 0. The normalized spacial score (nSPS) is 10.3. The van der Waals surface area contributed by atoms with Gasteiger partial charge in [0, 0.05) is 16.0 Å². The first kappa shape index (κ1) is 12.7. The molecular formula is C12H9BrCl2N2. The minimum absolute atomic E-state index is 0.472. The van der Waals surface area contributed by atoms with Gasteiger partial charge in [-0.25, -0.2) is 4.98 Å². The van der Waals surface area contributed by atoms with Gasteiger partial charge in [-0.05, 0) is 35.9 Å². The second-order valence-corrected chi connectivity index (χ2v) is 5.11. The average Bonchev–Trinajstić information content (AvgIpc) is 2.30. The number of halogens is 3. The molecule has 2 rings (SSSR count). The number of aromatic nitrogens is 1. The first-order valence-corrected chi connectivity index (χ1v) is 6.50. The molecule has 17 heavy (non-hydrogen) atoms. The molecule has 1 aromatic heterocycles. The van der Waals surface area contributed by atoms with Crippen LogP contribution < -0.4 is 5.32 Å². The van der Waals surface area contributed by atoms with E-state index < -0.39 is 0 Å². The highest BCUT2D eigenvalue weighted by Gasteiger charge is 2.01. The summed E-state index contributed by atoms with van der Waals surface area (Å²) < 4.78 is 1.01. The van der Waals surface area contributed by atoms with E-state index >= 15 is 0 Å². The quantitative estimate of drug-likeness (QED) is 0.820. The minimum Gasteiger partial charge on any atom is -0.366 e. The molecule has 2 aromatic rings. The Morgan fingerprint density at radius 3 is 2.76 bits per heavy atom. The van der Waals surface area contributed by atoms with Crippen molar-refractivity contribution in [2.24, 2.45) is 0 Å². The maximum absolute atomic E-state index is 5.94. The fourth-order valence-electron chi connectivity index (χ4n) is 1.37. The van der Waals surface area contributed by atoms with Crippen LogP contribution in [0.25, 0.3) is 0 Å². The number of hydrogen-bond donors (Lipinski definition) is 1. The Labute approximate surface area is 118 Å². The predicted molar refractivity (Wildman–Crippen MR) is 75.7 cm³/mol. The minimum atomic E-state index is 0.472. The molecule has 0 aliphatic rings. The molecule has 88 valence electrons. The number of nitrogens with zero attached hydrogens (tertiary/aromatic N) is 1. The second-order valence-electron chi connectivity index (χ2n) is 3.43. The molecule has 1 aromatic carbocycles. The third-order valence-electron chi connectivity index (χ3n) is 2.18. The summed E-state index contributed by atoms with van der Waals surface area (Å²) >= 11 is 15.2. The molecule has 0 saturated heterocycles. The summed E-state index contributed by atoms with van der Waals surface area (Å²) in [5.41, 5.74) is 1.07. The highest BCUT2D eigenvalue weighted by molar-refractivity contribution is 9.10. The van der Waals surface area contributed by atoms with Gasteiger partial charge in [0.05, 0.1) is 0 Å². The smallest absolute Gasteiger partial charge is 0.131 e. The Morgan fingerprint density at radius 2 is 2.00 bits per heavy atom. The largest absolute Gasteiger partial charge is 0.366 e. The van der Waals surface area contributed by atoms with Gasteiger partial charge < -0.3 is 5.32 Å². The van der Waals surface area contributed by atoms with Crippen LogP contribution in [0, 0.1) is 0 Å². The van der Waals surface area contributed by atoms with Gasteiger partial charge in [-0.2, -0.15) is 0 Å². The molecule has 0 spiro atoms. The monoisotopic (exact) mass is 330 g/mol. The predicted octanol–water partition coefficient (Wildman–Crippen LogP) is 4.76. The Balaban J connectivity index is 2.09. The van der Waals surface area contributed by atoms with E-state index in [2.05, 4.69) is 26.2 Å². The Kier molecular flexibility index (Phi) is 4.26. The van der Waals surface area contributed by atoms with Crippen LogP contribution >= 0.6 is 39.1 Å². The highest BCUT2D eigenvalue weighted by Crippen LogP contribution is 2.22. The standard InChI is InChI=1S/C12H9BrCl2N2/c13-10-5-4-9(14)6-8(10)7-16-12-3-1-2-11(15)17-12/h1-6H,7H2,(H,16,17). The van der Waals surface area contributed by atoms with Crippen molar-refractivity contribution in [3.05, 3.63) is 56.6 Å². The Bertz CT molecular complexity index is 532. The van der Waals surface area contributed by atoms with Crippen LogP contribution in [0.5, 0.6) is 0 Å². The molecule has 0 saturated carbocycles. The lowest BCUT2D eigenvalue weighted by molar-refractivity contribution is 1.10. The number of hydrogen-bond acceptors (Lipinski definition) is 2. The lowest BCUT2D eigenvalue weighted by atomic mass is 10.2. The van der Waals surface area contributed by atoms with Crippen LogP contribution in [-0.2, 0) is 6.54 Å². The molecule has 0 radical (unpaired) electrons. The summed E-state index contributed by atoms with van der Waals surface area (Å²) in [6, 6.07) is 11.1. The van der Waals surface area contributed by atoms with Gasteiger partial charge in [0.2, 0.25) is 0 Å². The molecular weight excluding hydrogens is 323 g/mol. The van der Waals surface area contributed by atoms with Gasteiger partial charge in [-0.15, -0.1) is 0 Å². The molecule has 0 fully saturated rings. The Hall–Kier alpha value is -0.770. The Morgan fingerprint density at radius 1 is 1.18 bits per heavy atom. The highest BCUT2D eigenvalue weighted by atomic mass is 79.9. The van der Waals surface area contributed by atoms with Crippen molar-refractivity contribution in [3.8, 4) is 0 Å². The van der Waals surface area contributed by atoms with Crippen LogP contribution in [0.4, 0.5) is 5.82 Å². The van der Waals surface area contributed by atoms with Gasteiger partial charge in [0.25, 0.3) is 0 Å². The molecule has 0 aliphatic heterocycles. The van der Waals surface area contributed by atoms with Gasteiger partial charge in [-0.1, -0.05) is 45.2 Å². The lowest BCUT2D eigenvalue weighted by Gasteiger charge is -2.08. The summed E-state index contributed by atoms with van der Waals surface area (Å²) in [4.78, 5) is 4.15. The number of pyridine rings is 1. The molecule has 2 nitrogen and oxygen atoms in total. The van der Waals surface area contributed by atoms with Crippen LogP contribution in [0.3, 0.4) is 0 Å². The molecule has 1 N–H and O–H groups in total. The number of rotatable bonds is 3. The molecule has 0 aliphatic carbocycles. The zero-order chi connectivity index (χ0) is 12.3. The van der Waals surface area contributed by atoms with Gasteiger partial charge >= 0.3 is 0 Å². The lowest BCUT2D eigenvalue weighted by Crippen LogP contribution is -2.01. The summed E-state index contributed by atoms with van der Waals surface area (Å²) in [6.45, 7) is 0.633. The van der Waals surface area contributed by atoms with Crippen molar-refractivity contribution in [3.63, 3.8) is 0 Å². The van der Waals surface area contributed by atoms with Crippen molar-refractivity contribution in [1.82, 2.24) is 4.98 Å². The molecule has 1 heterocycles. The van der Waals surface area contributed by atoms with E-state index in [1.807, 2.05) is 30.3 Å². The van der Waals surface area contributed by atoms with E-state index in [0.717, 1.165) is 15.9 Å². The number of anilines is 1. The summed E-state index contributed by atoms with van der Waals surface area (Å²) in [5, 5.41) is 4.37. The summed E-state index contributed by atoms with van der Waals surface area (Å²) in [7, 11) is 0. The van der Waals surface area contributed by atoms with Crippen LogP contribution in [0.1, 0.15) is 5.56 Å². The fourth-order valence-corrected chi connectivity index (χ4v) is 2.12. The molecule has 0 amide bonds. The zero-order valence-corrected chi connectivity index (χ0v) is 11.9.